The molecule has 0 saturated carbocycles. The minimum atomic E-state index is -0.166. The number of furan rings is 1. The lowest BCUT2D eigenvalue weighted by Gasteiger charge is -2.17. The fraction of sp³-hybridized carbons (Fsp3) is 0.308. The van der Waals surface area contributed by atoms with E-state index in [0.29, 0.717) is 16.4 Å². The highest BCUT2D eigenvalue weighted by molar-refractivity contribution is 9.10. The van der Waals surface area contributed by atoms with Crippen LogP contribution in [0.25, 0.3) is 11.0 Å². The van der Waals surface area contributed by atoms with Gasteiger partial charge in [-0.3, -0.25) is 0 Å². The molecule has 0 saturated heterocycles. The normalized spacial score (nSPS) is 11.8. The summed E-state index contributed by atoms with van der Waals surface area (Å²) in [5, 5.41) is 10.7. The van der Waals surface area contributed by atoms with Crippen molar-refractivity contribution in [1.29, 1.82) is 5.26 Å². The second-order valence-corrected chi connectivity index (χ2v) is 6.22. The molecular formula is C13H11BrClNO. The van der Waals surface area contributed by atoms with Crippen molar-refractivity contribution in [2.45, 2.75) is 26.2 Å². The Morgan fingerprint density at radius 3 is 2.53 bits per heavy atom. The first-order chi connectivity index (χ1) is 7.84. The molecule has 17 heavy (non-hydrogen) atoms. The van der Waals surface area contributed by atoms with Gasteiger partial charge in [-0.25, -0.2) is 0 Å². The summed E-state index contributed by atoms with van der Waals surface area (Å²) in [5.41, 5.74) is 1.41. The van der Waals surface area contributed by atoms with Crippen molar-refractivity contribution in [3.63, 3.8) is 0 Å². The van der Waals surface area contributed by atoms with Crippen LogP contribution in [0.2, 0.25) is 5.02 Å². The maximum absolute atomic E-state index is 9.15. The first-order valence-electron chi connectivity index (χ1n) is 5.16. The first kappa shape index (κ1) is 12.5. The standard InChI is InChI=1S/C13H11BrClNO/c1-13(2,3)11-8-4-7(15)5-9(14)12(8)17-10(11)6-16/h4-5H,1-3H3. The largest absolute Gasteiger partial charge is 0.444 e. The van der Waals surface area contributed by atoms with Crippen LogP contribution in [0.5, 0.6) is 0 Å². The van der Waals surface area contributed by atoms with Gasteiger partial charge in [0.1, 0.15) is 11.7 Å². The van der Waals surface area contributed by atoms with Crippen molar-refractivity contribution in [3.8, 4) is 6.07 Å². The molecule has 1 heterocycles. The number of hydrogen-bond donors (Lipinski definition) is 0. The summed E-state index contributed by atoms with van der Waals surface area (Å²) in [6, 6.07) is 5.71. The number of nitriles is 1. The molecule has 0 radical (unpaired) electrons. The van der Waals surface area contributed by atoms with Crippen LogP contribution in [-0.2, 0) is 5.41 Å². The van der Waals surface area contributed by atoms with Gasteiger partial charge in [-0.2, -0.15) is 5.26 Å². The number of fused-ring (bicyclic) bond motifs is 1. The number of hydrogen-bond acceptors (Lipinski definition) is 2. The number of nitrogens with zero attached hydrogens (tertiary/aromatic N) is 1. The molecule has 1 aromatic carbocycles. The molecule has 2 nitrogen and oxygen atoms in total. The molecule has 0 atom stereocenters. The monoisotopic (exact) mass is 311 g/mol. The minimum absolute atomic E-state index is 0.166. The average Bonchev–Trinajstić information content (AvgIpc) is 2.55. The van der Waals surface area contributed by atoms with Crippen LogP contribution in [0.3, 0.4) is 0 Å². The third kappa shape index (κ3) is 2.08. The van der Waals surface area contributed by atoms with Gasteiger partial charge >= 0.3 is 0 Å². The molecule has 4 heteroatoms. The zero-order valence-electron chi connectivity index (χ0n) is 9.77. The van der Waals surface area contributed by atoms with E-state index in [4.69, 9.17) is 21.3 Å². The highest BCUT2D eigenvalue weighted by atomic mass is 79.9. The Morgan fingerprint density at radius 1 is 1.35 bits per heavy atom. The molecule has 0 aliphatic rings. The molecular weight excluding hydrogens is 302 g/mol. The van der Waals surface area contributed by atoms with Gasteiger partial charge in [-0.1, -0.05) is 32.4 Å². The number of halogens is 2. The quantitative estimate of drug-likeness (QED) is 0.685. The second kappa shape index (κ2) is 4.04. The van der Waals surface area contributed by atoms with E-state index in [2.05, 4.69) is 22.0 Å². The highest BCUT2D eigenvalue weighted by Gasteiger charge is 2.26. The van der Waals surface area contributed by atoms with Gasteiger partial charge in [0.25, 0.3) is 0 Å². The van der Waals surface area contributed by atoms with Crippen molar-refractivity contribution >= 4 is 38.5 Å². The molecule has 1 aromatic heterocycles. The summed E-state index contributed by atoms with van der Waals surface area (Å²) in [7, 11) is 0. The van der Waals surface area contributed by atoms with Gasteiger partial charge in [-0.05, 0) is 33.5 Å². The summed E-state index contributed by atoms with van der Waals surface area (Å²) < 4.78 is 6.36. The summed E-state index contributed by atoms with van der Waals surface area (Å²) in [6.45, 7) is 6.15. The number of rotatable bonds is 0. The van der Waals surface area contributed by atoms with Crippen molar-refractivity contribution in [2.75, 3.05) is 0 Å². The van der Waals surface area contributed by atoms with Crippen LogP contribution < -0.4 is 0 Å². The van der Waals surface area contributed by atoms with Gasteiger partial charge in [0.2, 0.25) is 5.76 Å². The molecule has 0 aliphatic heterocycles. The van der Waals surface area contributed by atoms with Crippen LogP contribution in [0.1, 0.15) is 32.1 Å². The van der Waals surface area contributed by atoms with Crippen molar-refractivity contribution < 1.29 is 4.42 Å². The Hall–Kier alpha value is -0.980. The number of benzene rings is 1. The Morgan fingerprint density at radius 2 is 2.00 bits per heavy atom. The zero-order valence-corrected chi connectivity index (χ0v) is 12.1. The van der Waals surface area contributed by atoms with E-state index >= 15 is 0 Å². The molecule has 0 unspecified atom stereocenters. The third-order valence-electron chi connectivity index (χ3n) is 2.56. The van der Waals surface area contributed by atoms with Gasteiger partial charge in [-0.15, -0.1) is 0 Å². The van der Waals surface area contributed by atoms with E-state index in [1.54, 1.807) is 6.07 Å². The summed E-state index contributed by atoms with van der Waals surface area (Å²) >= 11 is 9.45. The lowest BCUT2D eigenvalue weighted by Crippen LogP contribution is -2.11. The topological polar surface area (TPSA) is 36.9 Å². The van der Waals surface area contributed by atoms with Crippen LogP contribution in [-0.4, -0.2) is 0 Å². The van der Waals surface area contributed by atoms with E-state index < -0.39 is 0 Å². The lowest BCUT2D eigenvalue weighted by atomic mass is 9.85. The van der Waals surface area contributed by atoms with E-state index in [1.165, 1.54) is 0 Å². The minimum Gasteiger partial charge on any atom is -0.444 e. The van der Waals surface area contributed by atoms with E-state index in [1.807, 2.05) is 26.8 Å². The Bertz CT molecular complexity index is 631. The molecule has 2 rings (SSSR count). The third-order valence-corrected chi connectivity index (χ3v) is 3.37. The molecule has 0 bridgehead atoms. The predicted octanol–water partition coefficient (Wildman–Crippen LogP) is 5.02. The Kier molecular flexibility index (Phi) is 2.97. The first-order valence-corrected chi connectivity index (χ1v) is 6.34. The van der Waals surface area contributed by atoms with Crippen LogP contribution >= 0.6 is 27.5 Å². The van der Waals surface area contributed by atoms with E-state index in [9.17, 15) is 0 Å². The SMILES string of the molecule is CC(C)(C)c1c(C#N)oc2c(Br)cc(Cl)cc12. The molecule has 0 amide bonds. The fourth-order valence-corrected chi connectivity index (χ4v) is 2.84. The van der Waals surface area contributed by atoms with Gasteiger partial charge < -0.3 is 4.42 Å². The molecule has 0 N–H and O–H groups in total. The molecule has 2 aromatic rings. The van der Waals surface area contributed by atoms with Crippen molar-refractivity contribution in [2.24, 2.45) is 0 Å². The fourth-order valence-electron chi connectivity index (χ4n) is 1.95. The molecule has 88 valence electrons. The van der Waals surface area contributed by atoms with E-state index in [-0.39, 0.29) is 5.41 Å². The summed E-state index contributed by atoms with van der Waals surface area (Å²) in [5.74, 6) is 0.357. The molecule has 0 aliphatic carbocycles. The zero-order chi connectivity index (χ0) is 12.8. The summed E-state index contributed by atoms with van der Waals surface area (Å²) in [6.07, 6.45) is 0. The Labute approximate surface area is 113 Å². The highest BCUT2D eigenvalue weighted by Crippen LogP contribution is 2.39. The maximum atomic E-state index is 9.15. The van der Waals surface area contributed by atoms with Crippen molar-refractivity contribution in [3.05, 3.63) is 33.0 Å². The van der Waals surface area contributed by atoms with Crippen LogP contribution in [0, 0.1) is 11.3 Å². The lowest BCUT2D eigenvalue weighted by molar-refractivity contribution is 0.545. The van der Waals surface area contributed by atoms with Crippen LogP contribution in [0.4, 0.5) is 0 Å². The molecule has 0 fully saturated rings. The van der Waals surface area contributed by atoms with Gasteiger partial charge in [0.05, 0.1) is 4.47 Å². The average molecular weight is 313 g/mol. The van der Waals surface area contributed by atoms with Crippen LogP contribution in [0.15, 0.2) is 21.0 Å². The predicted molar refractivity (Wildman–Crippen MR) is 72.3 cm³/mol. The second-order valence-electron chi connectivity index (χ2n) is 4.93. The smallest absolute Gasteiger partial charge is 0.208 e. The van der Waals surface area contributed by atoms with Crippen molar-refractivity contribution in [1.82, 2.24) is 0 Å². The maximum Gasteiger partial charge on any atom is 0.208 e. The van der Waals surface area contributed by atoms with E-state index in [0.717, 1.165) is 15.4 Å². The molecule has 0 spiro atoms. The van der Waals surface area contributed by atoms with Gasteiger partial charge in [0.15, 0.2) is 0 Å². The summed E-state index contributed by atoms with van der Waals surface area (Å²) in [4.78, 5) is 0. The Balaban J connectivity index is 2.95. The van der Waals surface area contributed by atoms with Gasteiger partial charge in [0, 0.05) is 16.0 Å².